The summed E-state index contributed by atoms with van der Waals surface area (Å²) in [6, 6.07) is 5.51. The molecular weight excluding hydrogens is 456 g/mol. The fourth-order valence-corrected chi connectivity index (χ4v) is 5.89. The van der Waals surface area contributed by atoms with Crippen LogP contribution in [-0.2, 0) is 14.9 Å². The van der Waals surface area contributed by atoms with E-state index in [4.69, 9.17) is 17.0 Å². The van der Waals surface area contributed by atoms with E-state index in [0.29, 0.717) is 20.0 Å². The maximum Gasteiger partial charge on any atom is 0.268 e. The monoisotopic (exact) mass is 476 g/mol. The topological polar surface area (TPSA) is 107 Å². The van der Waals surface area contributed by atoms with Gasteiger partial charge in [0.1, 0.15) is 20.0 Å². The van der Waals surface area contributed by atoms with Crippen LogP contribution in [0.1, 0.15) is 13.3 Å². The number of thiocarbonyl (C=S) groups is 1. The zero-order valence-corrected chi connectivity index (χ0v) is 19.0. The van der Waals surface area contributed by atoms with Crippen LogP contribution in [0.5, 0.6) is 5.75 Å². The number of hydrogen-bond acceptors (Lipinski definition) is 9. The van der Waals surface area contributed by atoms with Gasteiger partial charge in [-0.2, -0.15) is 8.42 Å². The van der Waals surface area contributed by atoms with E-state index in [1.807, 2.05) is 23.1 Å². The molecule has 158 valence electrons. The van der Waals surface area contributed by atoms with E-state index in [2.05, 4.69) is 0 Å². The SMILES string of the molecule is COc1ccc2c(c1)N(CCC(C)S(=O)(=O)O)/C(=C1\SC(=S)N(CCO)C1=O)S2. The number of benzene rings is 1. The summed E-state index contributed by atoms with van der Waals surface area (Å²) in [4.78, 5) is 17.4. The van der Waals surface area contributed by atoms with Gasteiger partial charge in [-0.05, 0) is 25.5 Å². The molecule has 0 saturated carbocycles. The second-order valence-corrected chi connectivity index (χ2v) is 10.9. The zero-order chi connectivity index (χ0) is 21.3. The number of ether oxygens (including phenoxy) is 1. The van der Waals surface area contributed by atoms with Crippen molar-refractivity contribution >= 4 is 61.8 Å². The summed E-state index contributed by atoms with van der Waals surface area (Å²) < 4.78 is 37.8. The first-order valence-corrected chi connectivity index (χ1v) is 12.2. The molecule has 1 aromatic rings. The molecule has 0 aliphatic carbocycles. The Kier molecular flexibility index (Phi) is 6.81. The summed E-state index contributed by atoms with van der Waals surface area (Å²) in [7, 11) is -2.61. The minimum Gasteiger partial charge on any atom is -0.497 e. The molecule has 0 bridgehead atoms. The van der Waals surface area contributed by atoms with E-state index in [1.54, 1.807) is 7.11 Å². The van der Waals surface area contributed by atoms with E-state index >= 15 is 0 Å². The highest BCUT2D eigenvalue weighted by molar-refractivity contribution is 8.27. The molecule has 1 aromatic carbocycles. The van der Waals surface area contributed by atoms with Crippen molar-refractivity contribution in [3.8, 4) is 5.75 Å². The fourth-order valence-electron chi connectivity index (χ4n) is 2.86. The van der Waals surface area contributed by atoms with Gasteiger partial charge in [-0.3, -0.25) is 14.2 Å². The summed E-state index contributed by atoms with van der Waals surface area (Å²) in [5.41, 5.74) is 0.791. The molecular formula is C17H20N2O6S4. The van der Waals surface area contributed by atoms with Gasteiger partial charge in [-0.25, -0.2) is 0 Å². The van der Waals surface area contributed by atoms with E-state index in [9.17, 15) is 22.9 Å². The third kappa shape index (κ3) is 4.57. The lowest BCUT2D eigenvalue weighted by Crippen LogP contribution is -2.32. The highest BCUT2D eigenvalue weighted by Crippen LogP contribution is 2.51. The highest BCUT2D eigenvalue weighted by atomic mass is 32.2. The Bertz CT molecular complexity index is 978. The number of methoxy groups -OCH3 is 1. The summed E-state index contributed by atoms with van der Waals surface area (Å²) in [5.74, 6) is 0.343. The molecule has 2 aliphatic heterocycles. The van der Waals surface area contributed by atoms with E-state index < -0.39 is 15.4 Å². The molecule has 2 heterocycles. The van der Waals surface area contributed by atoms with E-state index in [0.717, 1.165) is 22.3 Å². The van der Waals surface area contributed by atoms with Crippen molar-refractivity contribution < 1.29 is 27.6 Å². The molecule has 1 unspecified atom stereocenters. The Labute approximate surface area is 183 Å². The smallest absolute Gasteiger partial charge is 0.268 e. The average Bonchev–Trinajstić information content (AvgIpc) is 3.16. The predicted octanol–water partition coefficient (Wildman–Crippen LogP) is 2.30. The normalized spacial score (nSPS) is 20.4. The standard InChI is InChI=1S/C17H20N2O6S4/c1-10(29(22,23)24)5-6-18-12-9-11(25-2)3-4-13(12)27-16(18)14-15(21)19(7-8-20)17(26)28-14/h3-4,9-10,20H,5-8H2,1-2H3,(H,22,23,24)/b16-14+. The molecule has 8 nitrogen and oxygen atoms in total. The van der Waals surface area contributed by atoms with Crippen LogP contribution < -0.4 is 9.64 Å². The third-order valence-electron chi connectivity index (χ3n) is 4.54. The fraction of sp³-hybridized carbons (Fsp3) is 0.412. The van der Waals surface area contributed by atoms with Crippen LogP contribution in [0.15, 0.2) is 33.0 Å². The summed E-state index contributed by atoms with van der Waals surface area (Å²) >= 11 is 7.83. The largest absolute Gasteiger partial charge is 0.497 e. The molecule has 0 radical (unpaired) electrons. The van der Waals surface area contributed by atoms with E-state index in [1.165, 1.54) is 23.6 Å². The molecule has 0 aromatic heterocycles. The maximum absolute atomic E-state index is 12.9. The van der Waals surface area contributed by atoms with Gasteiger partial charge in [0.05, 0.1) is 31.2 Å². The first kappa shape index (κ1) is 22.4. The number of aliphatic hydroxyl groups excluding tert-OH is 1. The van der Waals surface area contributed by atoms with Crippen LogP contribution in [0.2, 0.25) is 0 Å². The molecule has 12 heteroatoms. The zero-order valence-electron chi connectivity index (χ0n) is 15.7. The minimum atomic E-state index is -4.16. The number of β-amino-alcohol motifs (C(OH)–C–C–N with tert-alkyl or cyclic N) is 1. The summed E-state index contributed by atoms with van der Waals surface area (Å²) in [6.07, 6.45) is 0.163. The number of hydrogen-bond donors (Lipinski definition) is 2. The van der Waals surface area contributed by atoms with Crippen molar-refractivity contribution in [2.75, 3.05) is 31.7 Å². The van der Waals surface area contributed by atoms with Crippen molar-refractivity contribution in [3.05, 3.63) is 28.1 Å². The van der Waals surface area contributed by atoms with Crippen LogP contribution in [-0.4, -0.2) is 65.3 Å². The molecule has 0 spiro atoms. The second kappa shape index (κ2) is 8.82. The Morgan fingerprint density at radius 1 is 1.24 bits per heavy atom. The molecule has 2 aliphatic rings. The lowest BCUT2D eigenvalue weighted by molar-refractivity contribution is -0.122. The molecule has 1 saturated heterocycles. The van der Waals surface area contributed by atoms with Gasteiger partial charge in [0.25, 0.3) is 16.0 Å². The molecule has 29 heavy (non-hydrogen) atoms. The second-order valence-electron chi connectivity index (χ2n) is 6.38. The third-order valence-corrected chi connectivity index (χ3v) is 8.55. The van der Waals surface area contributed by atoms with E-state index in [-0.39, 0.29) is 32.0 Å². The lowest BCUT2D eigenvalue weighted by Gasteiger charge is -2.23. The summed E-state index contributed by atoms with van der Waals surface area (Å²) in [6.45, 7) is 1.63. The van der Waals surface area contributed by atoms with Crippen LogP contribution in [0.4, 0.5) is 5.69 Å². The number of carbonyl (C=O) groups excluding carboxylic acids is 1. The molecule has 1 atom stereocenters. The number of aliphatic hydroxyl groups is 1. The van der Waals surface area contributed by atoms with Crippen molar-refractivity contribution in [1.29, 1.82) is 0 Å². The quantitative estimate of drug-likeness (QED) is 0.346. The first-order chi connectivity index (χ1) is 13.7. The van der Waals surface area contributed by atoms with Crippen LogP contribution in [0.25, 0.3) is 0 Å². The number of rotatable bonds is 7. The number of anilines is 1. The van der Waals surface area contributed by atoms with Crippen molar-refractivity contribution in [2.45, 2.75) is 23.5 Å². The van der Waals surface area contributed by atoms with Crippen molar-refractivity contribution in [2.24, 2.45) is 0 Å². The highest BCUT2D eigenvalue weighted by Gasteiger charge is 2.39. The van der Waals surface area contributed by atoms with Gasteiger partial charge in [0.2, 0.25) is 0 Å². The van der Waals surface area contributed by atoms with Gasteiger partial charge in [-0.1, -0.05) is 35.7 Å². The van der Waals surface area contributed by atoms with Crippen LogP contribution in [0, 0.1) is 0 Å². The number of carbonyl (C=O) groups is 1. The van der Waals surface area contributed by atoms with Gasteiger partial charge < -0.3 is 14.7 Å². The lowest BCUT2D eigenvalue weighted by atomic mass is 10.2. The minimum absolute atomic E-state index is 0.118. The molecule has 2 N–H and O–H groups in total. The number of nitrogens with zero attached hydrogens (tertiary/aromatic N) is 2. The maximum atomic E-state index is 12.9. The van der Waals surface area contributed by atoms with Gasteiger partial charge >= 0.3 is 0 Å². The van der Waals surface area contributed by atoms with Crippen LogP contribution in [0.3, 0.4) is 0 Å². The molecule has 1 fully saturated rings. The Morgan fingerprint density at radius 2 is 1.97 bits per heavy atom. The predicted molar refractivity (Wildman–Crippen MR) is 118 cm³/mol. The first-order valence-electron chi connectivity index (χ1n) is 8.66. The van der Waals surface area contributed by atoms with Gasteiger partial charge in [-0.15, -0.1) is 0 Å². The van der Waals surface area contributed by atoms with Crippen molar-refractivity contribution in [1.82, 2.24) is 4.90 Å². The summed E-state index contributed by atoms with van der Waals surface area (Å²) in [5, 5.41) is 8.89. The Balaban J connectivity index is 1.99. The average molecular weight is 477 g/mol. The number of thioether (sulfide) groups is 2. The number of amides is 1. The molecule has 3 rings (SSSR count). The number of fused-ring (bicyclic) bond motifs is 1. The Hall–Kier alpha value is -1.31. The van der Waals surface area contributed by atoms with Gasteiger partial charge in [0.15, 0.2) is 0 Å². The van der Waals surface area contributed by atoms with Crippen molar-refractivity contribution in [3.63, 3.8) is 0 Å². The van der Waals surface area contributed by atoms with Crippen LogP contribution >= 0.6 is 35.7 Å². The molecule has 1 amide bonds. The van der Waals surface area contributed by atoms with Gasteiger partial charge in [0, 0.05) is 17.5 Å². The Morgan fingerprint density at radius 3 is 2.59 bits per heavy atom.